The fraction of sp³-hybridized carbons (Fsp3) is 0.636. The Morgan fingerprint density at radius 3 is 2.89 bits per heavy atom. The molecule has 0 bridgehead atoms. The van der Waals surface area contributed by atoms with Crippen LogP contribution in [0.2, 0.25) is 0 Å². The summed E-state index contributed by atoms with van der Waals surface area (Å²) in [6.07, 6.45) is 2.83. The van der Waals surface area contributed by atoms with Gasteiger partial charge in [-0.1, -0.05) is 0 Å². The number of carbonyl (C=O) groups is 3. The molecule has 1 atom stereocenters. The number of esters is 1. The van der Waals surface area contributed by atoms with Gasteiger partial charge in [0.15, 0.2) is 0 Å². The highest BCUT2D eigenvalue weighted by Gasteiger charge is 2.19. The maximum Gasteiger partial charge on any atom is 0.325 e. The summed E-state index contributed by atoms with van der Waals surface area (Å²) >= 11 is 0. The zero-order chi connectivity index (χ0) is 14.1. The Balaban J connectivity index is 2.02. The average molecular weight is 270 g/mol. The van der Waals surface area contributed by atoms with Gasteiger partial charge in [-0.15, -0.1) is 0 Å². The number of ether oxygens (including phenoxy) is 1. The Morgan fingerprint density at radius 2 is 2.26 bits per heavy atom. The lowest BCUT2D eigenvalue weighted by Crippen LogP contribution is -2.39. The van der Waals surface area contributed by atoms with Crippen molar-refractivity contribution in [2.24, 2.45) is 11.0 Å². The molecule has 0 spiro atoms. The van der Waals surface area contributed by atoms with Crippen LogP contribution in [0.1, 0.15) is 19.8 Å². The van der Waals surface area contributed by atoms with Crippen LogP contribution in [0, 0.1) is 5.92 Å². The van der Waals surface area contributed by atoms with Crippen LogP contribution in [0.25, 0.3) is 0 Å². The lowest BCUT2D eigenvalue weighted by molar-refractivity contribution is -0.141. The minimum absolute atomic E-state index is 0.119. The third-order valence-corrected chi connectivity index (χ3v) is 2.44. The van der Waals surface area contributed by atoms with Gasteiger partial charge in [-0.2, -0.15) is 5.10 Å². The van der Waals surface area contributed by atoms with Crippen LogP contribution in [0.3, 0.4) is 0 Å². The standard InChI is InChI=1S/C11H18N4O4/c1-2-19-9(16)7-13-11(18)12-5-3-4-8-6-14-15-10(8)17/h6,8H,2-5,7H2,1H3,(H,15,17)(H2,12,13,18). The Hall–Kier alpha value is -2.12. The van der Waals surface area contributed by atoms with Crippen LogP contribution in [-0.4, -0.2) is 43.8 Å². The van der Waals surface area contributed by atoms with E-state index in [2.05, 4.69) is 25.9 Å². The summed E-state index contributed by atoms with van der Waals surface area (Å²) < 4.78 is 4.66. The predicted octanol–water partition coefficient (Wildman–Crippen LogP) is -0.639. The molecule has 8 heteroatoms. The van der Waals surface area contributed by atoms with Crippen molar-refractivity contribution in [2.45, 2.75) is 19.8 Å². The molecule has 1 aliphatic rings. The van der Waals surface area contributed by atoms with Crippen molar-refractivity contribution in [3.63, 3.8) is 0 Å². The summed E-state index contributed by atoms with van der Waals surface area (Å²) in [5.41, 5.74) is 2.34. The van der Waals surface area contributed by atoms with E-state index in [0.29, 0.717) is 19.4 Å². The van der Waals surface area contributed by atoms with E-state index in [1.165, 1.54) is 0 Å². The van der Waals surface area contributed by atoms with Gasteiger partial charge in [-0.3, -0.25) is 9.59 Å². The van der Waals surface area contributed by atoms with Crippen LogP contribution in [0.5, 0.6) is 0 Å². The first-order valence-corrected chi connectivity index (χ1v) is 6.14. The van der Waals surface area contributed by atoms with E-state index in [-0.39, 0.29) is 25.0 Å². The molecular formula is C11H18N4O4. The van der Waals surface area contributed by atoms with E-state index in [4.69, 9.17) is 0 Å². The van der Waals surface area contributed by atoms with Gasteiger partial charge < -0.3 is 15.4 Å². The largest absolute Gasteiger partial charge is 0.465 e. The number of rotatable bonds is 7. The first-order chi connectivity index (χ1) is 9.13. The van der Waals surface area contributed by atoms with E-state index in [1.54, 1.807) is 13.1 Å². The molecular weight excluding hydrogens is 252 g/mol. The Kier molecular flexibility index (Phi) is 6.34. The maximum absolute atomic E-state index is 11.3. The highest BCUT2D eigenvalue weighted by Crippen LogP contribution is 2.07. The van der Waals surface area contributed by atoms with E-state index >= 15 is 0 Å². The molecule has 0 aromatic heterocycles. The number of carbonyl (C=O) groups excluding carboxylic acids is 3. The summed E-state index contributed by atoms with van der Waals surface area (Å²) in [7, 11) is 0. The smallest absolute Gasteiger partial charge is 0.325 e. The van der Waals surface area contributed by atoms with Gasteiger partial charge in [0.1, 0.15) is 6.54 Å². The Morgan fingerprint density at radius 1 is 1.47 bits per heavy atom. The number of hydrogen-bond donors (Lipinski definition) is 3. The van der Waals surface area contributed by atoms with Gasteiger partial charge in [0, 0.05) is 12.8 Å². The second kappa shape index (κ2) is 8.06. The van der Waals surface area contributed by atoms with Gasteiger partial charge in [-0.05, 0) is 19.8 Å². The summed E-state index contributed by atoms with van der Waals surface area (Å²) in [5, 5.41) is 8.61. The molecule has 0 aliphatic carbocycles. The van der Waals surface area contributed by atoms with Crippen LogP contribution >= 0.6 is 0 Å². The van der Waals surface area contributed by atoms with Crippen LogP contribution in [0.15, 0.2) is 5.10 Å². The third kappa shape index (κ3) is 5.84. The molecule has 0 aromatic carbocycles. The average Bonchev–Trinajstić information content (AvgIpc) is 2.78. The van der Waals surface area contributed by atoms with Gasteiger partial charge in [0.05, 0.1) is 12.5 Å². The third-order valence-electron chi connectivity index (χ3n) is 2.44. The molecule has 1 rings (SSSR count). The lowest BCUT2D eigenvalue weighted by Gasteiger charge is -2.08. The van der Waals surface area contributed by atoms with Gasteiger partial charge >= 0.3 is 12.0 Å². The fourth-order valence-corrected chi connectivity index (χ4v) is 1.50. The highest BCUT2D eigenvalue weighted by molar-refractivity contribution is 5.97. The first-order valence-electron chi connectivity index (χ1n) is 6.14. The zero-order valence-electron chi connectivity index (χ0n) is 10.8. The number of nitrogens with zero attached hydrogens (tertiary/aromatic N) is 1. The fourth-order valence-electron chi connectivity index (χ4n) is 1.50. The summed E-state index contributed by atoms with van der Waals surface area (Å²) in [6.45, 7) is 2.25. The molecule has 1 aliphatic heterocycles. The molecule has 0 saturated carbocycles. The molecule has 0 saturated heterocycles. The van der Waals surface area contributed by atoms with Crippen molar-refractivity contribution in [2.75, 3.05) is 19.7 Å². The van der Waals surface area contributed by atoms with Crippen molar-refractivity contribution < 1.29 is 19.1 Å². The first kappa shape index (κ1) is 14.9. The van der Waals surface area contributed by atoms with Crippen molar-refractivity contribution >= 4 is 24.1 Å². The molecule has 1 unspecified atom stereocenters. The molecule has 3 N–H and O–H groups in total. The molecule has 19 heavy (non-hydrogen) atoms. The number of hydrazone groups is 1. The molecule has 8 nitrogen and oxygen atoms in total. The van der Waals surface area contributed by atoms with Crippen molar-refractivity contribution in [3.8, 4) is 0 Å². The zero-order valence-corrected chi connectivity index (χ0v) is 10.8. The van der Waals surface area contributed by atoms with Gasteiger partial charge in [-0.25, -0.2) is 10.2 Å². The predicted molar refractivity (Wildman–Crippen MR) is 67.4 cm³/mol. The second-order valence-corrected chi connectivity index (χ2v) is 3.92. The molecule has 0 fully saturated rings. The van der Waals surface area contributed by atoms with Crippen molar-refractivity contribution in [1.29, 1.82) is 0 Å². The molecule has 3 amide bonds. The van der Waals surface area contributed by atoms with E-state index in [0.717, 1.165) is 0 Å². The van der Waals surface area contributed by atoms with Crippen LogP contribution in [-0.2, 0) is 14.3 Å². The van der Waals surface area contributed by atoms with Crippen LogP contribution in [0.4, 0.5) is 4.79 Å². The number of urea groups is 1. The van der Waals surface area contributed by atoms with Gasteiger partial charge in [0.25, 0.3) is 0 Å². The lowest BCUT2D eigenvalue weighted by atomic mass is 10.1. The quantitative estimate of drug-likeness (QED) is 0.422. The van der Waals surface area contributed by atoms with Gasteiger partial charge in [0.2, 0.25) is 5.91 Å². The highest BCUT2D eigenvalue weighted by atomic mass is 16.5. The monoisotopic (exact) mass is 270 g/mol. The minimum atomic E-state index is -0.475. The van der Waals surface area contributed by atoms with E-state index in [9.17, 15) is 14.4 Å². The summed E-state index contributed by atoms with van der Waals surface area (Å²) in [6, 6.07) is -0.433. The molecule has 1 heterocycles. The normalized spacial score (nSPS) is 16.9. The second-order valence-electron chi connectivity index (χ2n) is 3.92. The Labute approximate surface area is 110 Å². The Bertz CT molecular complexity index is 370. The van der Waals surface area contributed by atoms with E-state index < -0.39 is 12.0 Å². The molecule has 0 radical (unpaired) electrons. The number of amides is 3. The number of nitrogens with one attached hydrogen (secondary N) is 3. The summed E-state index contributed by atoms with van der Waals surface area (Å²) in [4.78, 5) is 33.4. The SMILES string of the molecule is CCOC(=O)CNC(=O)NCCCC1C=NNC1=O. The van der Waals surface area contributed by atoms with Crippen LogP contribution < -0.4 is 16.1 Å². The van der Waals surface area contributed by atoms with Crippen molar-refractivity contribution in [1.82, 2.24) is 16.1 Å². The molecule has 0 aromatic rings. The topological polar surface area (TPSA) is 109 Å². The minimum Gasteiger partial charge on any atom is -0.465 e. The molecule has 106 valence electrons. The number of hydrogen-bond acceptors (Lipinski definition) is 5. The summed E-state index contributed by atoms with van der Waals surface area (Å²) in [5.74, 6) is -0.812. The van der Waals surface area contributed by atoms with Crippen molar-refractivity contribution in [3.05, 3.63) is 0 Å². The van der Waals surface area contributed by atoms with E-state index in [1.807, 2.05) is 0 Å². The maximum atomic E-state index is 11.3.